The minimum atomic E-state index is -0.910. The zero-order chi connectivity index (χ0) is 23.0. The van der Waals surface area contributed by atoms with Crippen LogP contribution in [0, 0.1) is 6.92 Å². The van der Waals surface area contributed by atoms with E-state index in [9.17, 15) is 9.59 Å². The van der Waals surface area contributed by atoms with Crippen LogP contribution in [0.1, 0.15) is 33.2 Å². The van der Waals surface area contributed by atoms with Crippen LogP contribution in [0.15, 0.2) is 104 Å². The van der Waals surface area contributed by atoms with Crippen molar-refractivity contribution in [3.8, 4) is 0 Å². The summed E-state index contributed by atoms with van der Waals surface area (Å²) in [6, 6.07) is 24.9. The van der Waals surface area contributed by atoms with Gasteiger partial charge in [-0.1, -0.05) is 54.6 Å². The number of rotatable bonds is 7. The molecule has 1 N–H and O–H groups in total. The van der Waals surface area contributed by atoms with Crippen LogP contribution in [0.2, 0.25) is 0 Å². The maximum atomic E-state index is 13.8. The molecule has 4 rings (SSSR count). The van der Waals surface area contributed by atoms with E-state index in [0.29, 0.717) is 17.8 Å². The van der Waals surface area contributed by atoms with Crippen molar-refractivity contribution in [2.45, 2.75) is 19.5 Å². The summed E-state index contributed by atoms with van der Waals surface area (Å²) < 4.78 is 0. The molecule has 2 aromatic heterocycles. The smallest absolute Gasteiger partial charge is 0.277 e. The van der Waals surface area contributed by atoms with Crippen molar-refractivity contribution in [2.24, 2.45) is 0 Å². The molecule has 2 heterocycles. The Kier molecular flexibility index (Phi) is 6.85. The third-order valence-electron chi connectivity index (χ3n) is 5.32. The second-order valence-electron chi connectivity index (χ2n) is 7.56. The van der Waals surface area contributed by atoms with Crippen molar-refractivity contribution in [1.29, 1.82) is 0 Å². The third-order valence-corrected chi connectivity index (χ3v) is 5.32. The number of hydrogen-bond donors (Lipinski definition) is 1. The first-order valence-corrected chi connectivity index (χ1v) is 10.7. The number of pyridine rings is 2. The van der Waals surface area contributed by atoms with Gasteiger partial charge in [0.25, 0.3) is 5.91 Å². The largest absolute Gasteiger partial charge is 0.350 e. The summed E-state index contributed by atoms with van der Waals surface area (Å²) in [5.41, 5.74) is 3.40. The van der Waals surface area contributed by atoms with Crippen LogP contribution in [0.3, 0.4) is 0 Å². The average molecular weight is 437 g/mol. The quantitative estimate of drug-likeness (QED) is 0.463. The summed E-state index contributed by atoms with van der Waals surface area (Å²) in [5, 5.41) is 3.00. The number of anilines is 1. The Bertz CT molecular complexity index is 1210. The van der Waals surface area contributed by atoms with E-state index in [1.807, 2.05) is 61.5 Å². The molecule has 0 saturated carbocycles. The van der Waals surface area contributed by atoms with E-state index in [1.54, 1.807) is 48.9 Å². The van der Waals surface area contributed by atoms with Gasteiger partial charge >= 0.3 is 0 Å². The van der Waals surface area contributed by atoms with Crippen LogP contribution in [0.5, 0.6) is 0 Å². The maximum Gasteiger partial charge on any atom is 0.277 e. The zero-order valence-electron chi connectivity index (χ0n) is 18.3. The van der Waals surface area contributed by atoms with Crippen LogP contribution in [-0.4, -0.2) is 21.8 Å². The lowest BCUT2D eigenvalue weighted by atomic mass is 10.0. The molecule has 0 spiro atoms. The fourth-order valence-electron chi connectivity index (χ4n) is 3.66. The van der Waals surface area contributed by atoms with Crippen molar-refractivity contribution in [2.75, 3.05) is 4.90 Å². The molecule has 6 heteroatoms. The van der Waals surface area contributed by atoms with Gasteiger partial charge in [0.05, 0.1) is 0 Å². The number of aryl methyl sites for hydroxylation is 1. The normalized spacial score (nSPS) is 11.4. The van der Waals surface area contributed by atoms with Gasteiger partial charge in [0.2, 0.25) is 5.91 Å². The second kappa shape index (κ2) is 10.3. The molecular weight excluding hydrogens is 412 g/mol. The molecule has 0 aliphatic rings. The Hall–Kier alpha value is -4.32. The van der Waals surface area contributed by atoms with Crippen molar-refractivity contribution >= 4 is 17.5 Å². The fourth-order valence-corrected chi connectivity index (χ4v) is 3.66. The molecule has 2 amide bonds. The Morgan fingerprint density at radius 2 is 1.55 bits per heavy atom. The summed E-state index contributed by atoms with van der Waals surface area (Å²) in [5.74, 6) is -0.654. The van der Waals surface area contributed by atoms with Gasteiger partial charge in [-0.25, -0.2) is 0 Å². The topological polar surface area (TPSA) is 75.2 Å². The van der Waals surface area contributed by atoms with Gasteiger partial charge in [-0.2, -0.15) is 0 Å². The Labute approximate surface area is 192 Å². The first-order valence-electron chi connectivity index (χ1n) is 10.7. The van der Waals surface area contributed by atoms with Crippen LogP contribution in [0.4, 0.5) is 5.69 Å². The SMILES string of the molecule is Cc1ccccc1N(C(=O)c1ccccn1)[C@@H](C(=O)NCc1ccccc1)c1ccncc1. The van der Waals surface area contributed by atoms with Crippen molar-refractivity contribution in [1.82, 2.24) is 15.3 Å². The molecule has 0 bridgehead atoms. The van der Waals surface area contributed by atoms with Crippen LogP contribution >= 0.6 is 0 Å². The van der Waals surface area contributed by atoms with Crippen LogP contribution in [-0.2, 0) is 11.3 Å². The van der Waals surface area contributed by atoms with Gasteiger partial charge in [-0.15, -0.1) is 0 Å². The van der Waals surface area contributed by atoms with E-state index < -0.39 is 6.04 Å². The number of para-hydroxylation sites is 1. The maximum absolute atomic E-state index is 13.8. The van der Waals surface area contributed by atoms with Gasteiger partial charge in [-0.3, -0.25) is 24.5 Å². The monoisotopic (exact) mass is 436 g/mol. The number of carbonyl (C=O) groups is 2. The molecule has 0 saturated heterocycles. The molecule has 164 valence electrons. The summed E-state index contributed by atoms with van der Waals surface area (Å²) in [6.45, 7) is 2.26. The molecule has 0 radical (unpaired) electrons. The number of aromatic nitrogens is 2. The first-order chi connectivity index (χ1) is 16.1. The van der Waals surface area contributed by atoms with Gasteiger partial charge in [0.1, 0.15) is 11.7 Å². The number of nitrogens with one attached hydrogen (secondary N) is 1. The second-order valence-corrected chi connectivity index (χ2v) is 7.56. The predicted octanol–water partition coefficient (Wildman–Crippen LogP) is 4.49. The summed E-state index contributed by atoms with van der Waals surface area (Å²) in [6.07, 6.45) is 4.81. The number of amides is 2. The molecule has 6 nitrogen and oxygen atoms in total. The Morgan fingerprint density at radius 3 is 2.24 bits per heavy atom. The highest BCUT2D eigenvalue weighted by Crippen LogP contribution is 2.31. The molecular formula is C27H24N4O2. The number of nitrogens with zero attached hydrogens (tertiary/aromatic N) is 3. The van der Waals surface area contributed by atoms with Crippen molar-refractivity contribution in [3.63, 3.8) is 0 Å². The Balaban J connectivity index is 1.78. The average Bonchev–Trinajstić information content (AvgIpc) is 2.88. The lowest BCUT2D eigenvalue weighted by Crippen LogP contribution is -2.44. The van der Waals surface area contributed by atoms with Gasteiger partial charge in [0.15, 0.2) is 0 Å². The van der Waals surface area contributed by atoms with Crippen LogP contribution in [0.25, 0.3) is 0 Å². The van der Waals surface area contributed by atoms with E-state index in [4.69, 9.17) is 0 Å². The Morgan fingerprint density at radius 1 is 0.848 bits per heavy atom. The minimum absolute atomic E-state index is 0.260. The standard InChI is InChI=1S/C27H24N4O2/c1-20-9-5-6-13-24(20)31(27(33)23-12-7-8-16-29-23)25(22-14-17-28-18-15-22)26(32)30-19-21-10-3-2-4-11-21/h2-18,25H,19H2,1H3,(H,30,32)/t25-/m1/s1. The van der Waals surface area contributed by atoms with Crippen molar-refractivity contribution < 1.29 is 9.59 Å². The van der Waals surface area contributed by atoms with Crippen LogP contribution < -0.4 is 10.2 Å². The lowest BCUT2D eigenvalue weighted by Gasteiger charge is -2.32. The molecule has 33 heavy (non-hydrogen) atoms. The molecule has 2 aromatic carbocycles. The van der Waals surface area contributed by atoms with Gasteiger partial charge in [-0.05, 0) is 53.9 Å². The number of benzene rings is 2. The predicted molar refractivity (Wildman–Crippen MR) is 127 cm³/mol. The highest BCUT2D eigenvalue weighted by molar-refractivity contribution is 6.09. The first kappa shape index (κ1) is 21.9. The van der Waals surface area contributed by atoms with E-state index >= 15 is 0 Å². The van der Waals surface area contributed by atoms with E-state index in [-0.39, 0.29) is 17.5 Å². The molecule has 0 unspecified atom stereocenters. The highest BCUT2D eigenvalue weighted by Gasteiger charge is 2.34. The van der Waals surface area contributed by atoms with E-state index in [1.165, 1.54) is 4.90 Å². The highest BCUT2D eigenvalue weighted by atomic mass is 16.2. The molecule has 0 aliphatic heterocycles. The molecule has 0 fully saturated rings. The molecule has 1 atom stereocenters. The lowest BCUT2D eigenvalue weighted by molar-refractivity contribution is -0.122. The molecule has 4 aromatic rings. The summed E-state index contributed by atoms with van der Waals surface area (Å²) in [4.78, 5) is 37.2. The summed E-state index contributed by atoms with van der Waals surface area (Å²) >= 11 is 0. The third kappa shape index (κ3) is 5.13. The fraction of sp³-hybridized carbons (Fsp3) is 0.111. The number of carbonyl (C=O) groups excluding carboxylic acids is 2. The summed E-state index contributed by atoms with van der Waals surface area (Å²) in [7, 11) is 0. The zero-order valence-corrected chi connectivity index (χ0v) is 18.3. The number of hydrogen-bond acceptors (Lipinski definition) is 4. The van der Waals surface area contributed by atoms with E-state index in [2.05, 4.69) is 15.3 Å². The van der Waals surface area contributed by atoms with E-state index in [0.717, 1.165) is 11.1 Å². The van der Waals surface area contributed by atoms with Gasteiger partial charge in [0, 0.05) is 30.8 Å². The minimum Gasteiger partial charge on any atom is -0.350 e. The molecule has 0 aliphatic carbocycles. The van der Waals surface area contributed by atoms with Crippen molar-refractivity contribution in [3.05, 3.63) is 126 Å². The van der Waals surface area contributed by atoms with Gasteiger partial charge < -0.3 is 5.32 Å².